The molecule has 0 spiro atoms. The van der Waals surface area contributed by atoms with Gasteiger partial charge in [-0.05, 0) is 33.5 Å². The van der Waals surface area contributed by atoms with Gasteiger partial charge in [0.15, 0.2) is 5.96 Å². The molecule has 0 radical (unpaired) electrons. The van der Waals surface area contributed by atoms with Gasteiger partial charge in [-0.1, -0.05) is 6.92 Å². The largest absolute Gasteiger partial charge is 0.370 e. The Hall–Kier alpha value is -0.770. The SMILES string of the molecule is CCCN=C(N)N(C)CCCN(C)C. The van der Waals surface area contributed by atoms with Crippen molar-refractivity contribution in [1.29, 1.82) is 0 Å². The summed E-state index contributed by atoms with van der Waals surface area (Å²) in [5.74, 6) is 0.658. The third kappa shape index (κ3) is 6.71. The predicted octanol–water partition coefficient (Wildman–Crippen LogP) is 0.595. The number of hydrogen-bond acceptors (Lipinski definition) is 2. The van der Waals surface area contributed by atoms with Gasteiger partial charge in [-0.2, -0.15) is 0 Å². The van der Waals surface area contributed by atoms with Gasteiger partial charge in [0.25, 0.3) is 0 Å². The molecule has 0 saturated heterocycles. The second-order valence-corrected chi connectivity index (χ2v) is 3.82. The van der Waals surface area contributed by atoms with Crippen LogP contribution in [-0.4, -0.2) is 56.5 Å². The Morgan fingerprint density at radius 3 is 2.36 bits per heavy atom. The van der Waals surface area contributed by atoms with Crippen molar-refractivity contribution in [1.82, 2.24) is 9.80 Å². The molecule has 0 fully saturated rings. The minimum Gasteiger partial charge on any atom is -0.370 e. The molecule has 0 aromatic heterocycles. The molecule has 0 aliphatic carbocycles. The van der Waals surface area contributed by atoms with E-state index in [1.165, 1.54) is 0 Å². The van der Waals surface area contributed by atoms with E-state index in [4.69, 9.17) is 5.73 Å². The summed E-state index contributed by atoms with van der Waals surface area (Å²) in [4.78, 5) is 8.43. The molecule has 0 bridgehead atoms. The normalized spacial score (nSPS) is 12.2. The first kappa shape index (κ1) is 13.2. The van der Waals surface area contributed by atoms with Gasteiger partial charge in [0, 0.05) is 20.1 Å². The maximum Gasteiger partial charge on any atom is 0.190 e. The van der Waals surface area contributed by atoms with Crippen molar-refractivity contribution in [2.24, 2.45) is 10.7 Å². The first-order chi connectivity index (χ1) is 6.57. The summed E-state index contributed by atoms with van der Waals surface area (Å²) in [6.07, 6.45) is 2.16. The highest BCUT2D eigenvalue weighted by molar-refractivity contribution is 5.77. The second-order valence-electron chi connectivity index (χ2n) is 3.82. The lowest BCUT2D eigenvalue weighted by Crippen LogP contribution is -2.35. The van der Waals surface area contributed by atoms with Gasteiger partial charge in [0.2, 0.25) is 0 Å². The van der Waals surface area contributed by atoms with Crippen LogP contribution in [0.4, 0.5) is 0 Å². The van der Waals surface area contributed by atoms with Gasteiger partial charge >= 0.3 is 0 Å². The molecule has 0 atom stereocenters. The van der Waals surface area contributed by atoms with Crippen molar-refractivity contribution >= 4 is 5.96 Å². The Morgan fingerprint density at radius 2 is 1.86 bits per heavy atom. The van der Waals surface area contributed by atoms with E-state index < -0.39 is 0 Å². The highest BCUT2D eigenvalue weighted by Gasteiger charge is 2.00. The van der Waals surface area contributed by atoms with E-state index in [2.05, 4.69) is 30.9 Å². The van der Waals surface area contributed by atoms with Gasteiger partial charge < -0.3 is 15.5 Å². The Morgan fingerprint density at radius 1 is 1.21 bits per heavy atom. The Labute approximate surface area is 87.8 Å². The molecule has 0 aromatic carbocycles. The van der Waals surface area contributed by atoms with Crippen molar-refractivity contribution in [2.75, 3.05) is 40.8 Å². The number of aliphatic imine (C=N–C) groups is 1. The lowest BCUT2D eigenvalue weighted by molar-refractivity contribution is 0.368. The summed E-state index contributed by atoms with van der Waals surface area (Å²) in [7, 11) is 6.15. The van der Waals surface area contributed by atoms with Crippen LogP contribution in [0.25, 0.3) is 0 Å². The number of hydrogen-bond donors (Lipinski definition) is 1. The van der Waals surface area contributed by atoms with Crippen molar-refractivity contribution in [3.8, 4) is 0 Å². The van der Waals surface area contributed by atoms with Gasteiger partial charge in [-0.3, -0.25) is 4.99 Å². The summed E-state index contributed by atoms with van der Waals surface area (Å²) in [6, 6.07) is 0. The van der Waals surface area contributed by atoms with E-state index >= 15 is 0 Å². The lowest BCUT2D eigenvalue weighted by atomic mass is 10.4. The molecule has 0 saturated carbocycles. The van der Waals surface area contributed by atoms with E-state index in [-0.39, 0.29) is 0 Å². The monoisotopic (exact) mass is 200 g/mol. The molecule has 0 heterocycles. The third-order valence-electron chi connectivity index (χ3n) is 1.99. The molecule has 0 amide bonds. The molecule has 0 aliphatic rings. The summed E-state index contributed by atoms with van der Waals surface area (Å²) in [5, 5.41) is 0. The van der Waals surface area contributed by atoms with E-state index in [9.17, 15) is 0 Å². The molecule has 0 unspecified atom stereocenters. The molecular formula is C10H24N4. The van der Waals surface area contributed by atoms with E-state index in [0.29, 0.717) is 5.96 Å². The van der Waals surface area contributed by atoms with Crippen LogP contribution in [0, 0.1) is 0 Å². The third-order valence-corrected chi connectivity index (χ3v) is 1.99. The van der Waals surface area contributed by atoms with Crippen LogP contribution in [0.2, 0.25) is 0 Å². The van der Waals surface area contributed by atoms with Crippen molar-refractivity contribution in [2.45, 2.75) is 19.8 Å². The topological polar surface area (TPSA) is 44.9 Å². The Bertz CT molecular complexity index is 166. The van der Waals surface area contributed by atoms with Crippen LogP contribution in [-0.2, 0) is 0 Å². The zero-order valence-corrected chi connectivity index (χ0v) is 9.95. The minimum atomic E-state index is 0.658. The fraction of sp³-hybridized carbons (Fsp3) is 0.900. The molecule has 0 rings (SSSR count). The van der Waals surface area contributed by atoms with Crippen molar-refractivity contribution < 1.29 is 0 Å². The van der Waals surface area contributed by atoms with Crippen LogP contribution in [0.1, 0.15) is 19.8 Å². The maximum absolute atomic E-state index is 5.78. The van der Waals surface area contributed by atoms with Gasteiger partial charge in [0.1, 0.15) is 0 Å². The van der Waals surface area contributed by atoms with Gasteiger partial charge in [-0.25, -0.2) is 0 Å². The van der Waals surface area contributed by atoms with Crippen molar-refractivity contribution in [3.63, 3.8) is 0 Å². The summed E-state index contributed by atoms with van der Waals surface area (Å²) in [6.45, 7) is 4.98. The molecule has 2 N–H and O–H groups in total. The molecule has 0 aliphatic heterocycles. The molecule has 0 aromatic rings. The second kappa shape index (κ2) is 7.62. The number of nitrogens with two attached hydrogens (primary N) is 1. The molecule has 14 heavy (non-hydrogen) atoms. The number of guanidine groups is 1. The van der Waals surface area contributed by atoms with E-state index in [0.717, 1.165) is 32.5 Å². The van der Waals surface area contributed by atoms with Crippen LogP contribution >= 0.6 is 0 Å². The smallest absolute Gasteiger partial charge is 0.190 e. The maximum atomic E-state index is 5.78. The van der Waals surface area contributed by atoms with Crippen LogP contribution in [0.5, 0.6) is 0 Å². The van der Waals surface area contributed by atoms with E-state index in [1.54, 1.807) is 0 Å². The zero-order valence-electron chi connectivity index (χ0n) is 9.95. The van der Waals surface area contributed by atoms with Crippen LogP contribution in [0.3, 0.4) is 0 Å². The molecular weight excluding hydrogens is 176 g/mol. The lowest BCUT2D eigenvalue weighted by Gasteiger charge is -2.19. The summed E-state index contributed by atoms with van der Waals surface area (Å²) >= 11 is 0. The predicted molar refractivity (Wildman–Crippen MR) is 62.6 cm³/mol. The Balaban J connectivity index is 3.66. The van der Waals surface area contributed by atoms with Gasteiger partial charge in [0.05, 0.1) is 0 Å². The van der Waals surface area contributed by atoms with Crippen LogP contribution < -0.4 is 5.73 Å². The fourth-order valence-corrected chi connectivity index (χ4v) is 1.09. The molecule has 84 valence electrons. The van der Waals surface area contributed by atoms with Crippen molar-refractivity contribution in [3.05, 3.63) is 0 Å². The summed E-state index contributed by atoms with van der Waals surface area (Å²) in [5.41, 5.74) is 5.78. The number of rotatable bonds is 6. The highest BCUT2D eigenvalue weighted by atomic mass is 15.2. The highest BCUT2D eigenvalue weighted by Crippen LogP contribution is 1.90. The average molecular weight is 200 g/mol. The minimum absolute atomic E-state index is 0.658. The first-order valence-corrected chi connectivity index (χ1v) is 5.23. The quantitative estimate of drug-likeness (QED) is 0.504. The molecule has 4 nitrogen and oxygen atoms in total. The summed E-state index contributed by atoms with van der Waals surface area (Å²) < 4.78 is 0. The number of nitrogens with zero attached hydrogens (tertiary/aromatic N) is 3. The standard InChI is InChI=1S/C10H24N4/c1-5-7-12-10(11)14(4)9-6-8-13(2)3/h5-9H2,1-4H3,(H2,11,12). The Kier molecular flexibility index (Phi) is 7.20. The first-order valence-electron chi connectivity index (χ1n) is 5.23. The van der Waals surface area contributed by atoms with E-state index in [1.807, 2.05) is 11.9 Å². The average Bonchev–Trinajstić information content (AvgIpc) is 2.13. The molecule has 4 heteroatoms. The van der Waals surface area contributed by atoms with Crippen LogP contribution in [0.15, 0.2) is 4.99 Å². The zero-order chi connectivity index (χ0) is 11.0. The fourth-order valence-electron chi connectivity index (χ4n) is 1.09. The van der Waals surface area contributed by atoms with Gasteiger partial charge in [-0.15, -0.1) is 0 Å².